The Labute approximate surface area is 90.5 Å². The van der Waals surface area contributed by atoms with Crippen LogP contribution < -0.4 is 5.73 Å². The molecule has 0 atom stereocenters. The summed E-state index contributed by atoms with van der Waals surface area (Å²) in [5.41, 5.74) is 8.47. The molecule has 76 valence electrons. The molecule has 0 saturated carbocycles. The van der Waals surface area contributed by atoms with E-state index in [1.165, 1.54) is 6.20 Å². The van der Waals surface area contributed by atoms with E-state index in [0.29, 0.717) is 11.5 Å². The predicted molar refractivity (Wildman–Crippen MR) is 60.5 cm³/mol. The third kappa shape index (κ3) is 1.10. The molecule has 0 spiro atoms. The van der Waals surface area contributed by atoms with Crippen molar-refractivity contribution in [2.24, 2.45) is 0 Å². The summed E-state index contributed by atoms with van der Waals surface area (Å²) in [5, 5.41) is 9.67. The van der Waals surface area contributed by atoms with Gasteiger partial charge in [-0.25, -0.2) is 4.98 Å². The lowest BCUT2D eigenvalue weighted by atomic mass is 10.1. The number of pyridine rings is 1. The van der Waals surface area contributed by atoms with E-state index in [-0.39, 0.29) is 0 Å². The Morgan fingerprint density at radius 1 is 1.31 bits per heavy atom. The fraction of sp³-hybridized carbons (Fsp3) is 0. The van der Waals surface area contributed by atoms with Crippen LogP contribution in [0.3, 0.4) is 0 Å². The second-order valence-electron chi connectivity index (χ2n) is 3.49. The summed E-state index contributed by atoms with van der Waals surface area (Å²) in [6.45, 7) is 0. The van der Waals surface area contributed by atoms with Gasteiger partial charge in [-0.2, -0.15) is 5.26 Å². The number of fused-ring (bicyclic) bond motifs is 3. The van der Waals surface area contributed by atoms with E-state index in [0.717, 1.165) is 21.9 Å². The van der Waals surface area contributed by atoms with Gasteiger partial charge in [0.05, 0.1) is 16.6 Å². The number of imidazole rings is 1. The van der Waals surface area contributed by atoms with Crippen LogP contribution in [-0.4, -0.2) is 15.0 Å². The molecule has 5 nitrogen and oxygen atoms in total. The fourth-order valence-corrected chi connectivity index (χ4v) is 1.75. The molecule has 5 heteroatoms. The summed E-state index contributed by atoms with van der Waals surface area (Å²) in [7, 11) is 0. The molecule has 0 aliphatic heterocycles. The fourth-order valence-electron chi connectivity index (χ4n) is 1.75. The van der Waals surface area contributed by atoms with Crippen LogP contribution in [0.25, 0.3) is 21.9 Å². The van der Waals surface area contributed by atoms with Gasteiger partial charge in [-0.3, -0.25) is 4.98 Å². The van der Waals surface area contributed by atoms with E-state index in [9.17, 15) is 0 Å². The number of nitrogen functional groups attached to an aromatic ring is 1. The monoisotopic (exact) mass is 209 g/mol. The number of aromatic nitrogens is 3. The van der Waals surface area contributed by atoms with E-state index in [2.05, 4.69) is 21.0 Å². The van der Waals surface area contributed by atoms with E-state index in [4.69, 9.17) is 11.0 Å². The molecule has 3 rings (SSSR count). The quantitative estimate of drug-likeness (QED) is 0.587. The number of hydrogen-bond acceptors (Lipinski definition) is 4. The zero-order valence-corrected chi connectivity index (χ0v) is 8.23. The average Bonchev–Trinajstić information content (AvgIpc) is 2.69. The van der Waals surface area contributed by atoms with Crippen molar-refractivity contribution in [3.8, 4) is 6.07 Å². The Bertz CT molecular complexity index is 735. The van der Waals surface area contributed by atoms with Gasteiger partial charge in [-0.1, -0.05) is 6.07 Å². The van der Waals surface area contributed by atoms with Crippen LogP contribution in [-0.2, 0) is 0 Å². The second-order valence-corrected chi connectivity index (χ2v) is 3.49. The molecule has 0 unspecified atom stereocenters. The van der Waals surface area contributed by atoms with Crippen LogP contribution in [0.15, 0.2) is 24.4 Å². The molecule has 16 heavy (non-hydrogen) atoms. The highest BCUT2D eigenvalue weighted by molar-refractivity contribution is 6.02. The molecule has 3 aromatic rings. The minimum absolute atomic E-state index is 0.369. The number of benzene rings is 1. The number of nitrogens with two attached hydrogens (primary N) is 1. The summed E-state index contributed by atoms with van der Waals surface area (Å²) < 4.78 is 0. The second kappa shape index (κ2) is 2.94. The molecule has 0 fully saturated rings. The van der Waals surface area contributed by atoms with E-state index in [1.54, 1.807) is 6.07 Å². The third-order valence-corrected chi connectivity index (χ3v) is 2.45. The summed E-state index contributed by atoms with van der Waals surface area (Å²) in [6.07, 6.45) is 1.53. The SMILES string of the molecule is N#Cc1cnc2c(ccc3[nH]c(N)nc32)c1. The Morgan fingerprint density at radius 2 is 2.19 bits per heavy atom. The molecule has 0 bridgehead atoms. The van der Waals surface area contributed by atoms with Crippen LogP contribution in [0, 0.1) is 11.3 Å². The number of hydrogen-bond donors (Lipinski definition) is 2. The number of anilines is 1. The molecule has 3 N–H and O–H groups in total. The first-order valence-electron chi connectivity index (χ1n) is 4.72. The first kappa shape index (κ1) is 8.68. The van der Waals surface area contributed by atoms with E-state index >= 15 is 0 Å². The van der Waals surface area contributed by atoms with Crippen molar-refractivity contribution in [2.45, 2.75) is 0 Å². The lowest BCUT2D eigenvalue weighted by molar-refractivity contribution is 1.35. The van der Waals surface area contributed by atoms with Crippen molar-refractivity contribution in [3.05, 3.63) is 30.0 Å². The minimum atomic E-state index is 0.369. The zero-order chi connectivity index (χ0) is 11.1. The van der Waals surface area contributed by atoms with Gasteiger partial charge in [-0.05, 0) is 12.1 Å². The molecule has 0 radical (unpaired) electrons. The van der Waals surface area contributed by atoms with Crippen molar-refractivity contribution < 1.29 is 0 Å². The van der Waals surface area contributed by atoms with Gasteiger partial charge in [0.25, 0.3) is 0 Å². The van der Waals surface area contributed by atoms with Crippen molar-refractivity contribution in [2.75, 3.05) is 5.73 Å². The first-order valence-corrected chi connectivity index (χ1v) is 4.72. The topological polar surface area (TPSA) is 91.4 Å². The van der Waals surface area contributed by atoms with Gasteiger partial charge in [0.1, 0.15) is 11.6 Å². The first-order chi connectivity index (χ1) is 7.78. The number of H-pyrrole nitrogens is 1. The molecule has 1 aromatic carbocycles. The van der Waals surface area contributed by atoms with Gasteiger partial charge in [0.15, 0.2) is 5.95 Å². The van der Waals surface area contributed by atoms with Gasteiger partial charge in [0.2, 0.25) is 0 Å². The van der Waals surface area contributed by atoms with Gasteiger partial charge in [0, 0.05) is 11.6 Å². The molecule has 2 heterocycles. The van der Waals surface area contributed by atoms with Crippen molar-refractivity contribution in [3.63, 3.8) is 0 Å². The van der Waals surface area contributed by atoms with Gasteiger partial charge < -0.3 is 10.7 Å². The molecule has 0 aliphatic rings. The van der Waals surface area contributed by atoms with E-state index < -0.39 is 0 Å². The highest BCUT2D eigenvalue weighted by Crippen LogP contribution is 2.22. The summed E-state index contributed by atoms with van der Waals surface area (Å²) >= 11 is 0. The summed E-state index contributed by atoms with van der Waals surface area (Å²) in [4.78, 5) is 11.3. The Hall–Kier alpha value is -2.61. The minimum Gasteiger partial charge on any atom is -0.369 e. The maximum Gasteiger partial charge on any atom is 0.198 e. The Morgan fingerprint density at radius 3 is 3.00 bits per heavy atom. The normalized spacial score (nSPS) is 10.7. The Balaban J connectivity index is 2.48. The smallest absolute Gasteiger partial charge is 0.198 e. The number of nitriles is 1. The standard InChI is InChI=1S/C11H7N5/c12-4-6-3-7-1-2-8-10(9(7)14-5-6)16-11(13)15-8/h1-3,5H,(H3,13,15,16). The predicted octanol–water partition coefficient (Wildman–Crippen LogP) is 1.56. The Kier molecular flexibility index (Phi) is 1.59. The highest BCUT2D eigenvalue weighted by Gasteiger charge is 2.06. The lowest BCUT2D eigenvalue weighted by Gasteiger charge is -1.97. The summed E-state index contributed by atoms with van der Waals surface area (Å²) in [6, 6.07) is 7.61. The molecule has 0 aliphatic carbocycles. The number of nitrogens with one attached hydrogen (secondary N) is 1. The number of rotatable bonds is 0. The zero-order valence-electron chi connectivity index (χ0n) is 8.23. The lowest BCUT2D eigenvalue weighted by Crippen LogP contribution is -1.85. The van der Waals surface area contributed by atoms with Crippen molar-refractivity contribution in [1.82, 2.24) is 15.0 Å². The van der Waals surface area contributed by atoms with Crippen LogP contribution in [0.5, 0.6) is 0 Å². The van der Waals surface area contributed by atoms with Crippen molar-refractivity contribution >= 4 is 27.9 Å². The maximum absolute atomic E-state index is 8.78. The van der Waals surface area contributed by atoms with Crippen LogP contribution >= 0.6 is 0 Å². The molecule has 2 aromatic heterocycles. The van der Waals surface area contributed by atoms with Crippen LogP contribution in [0.1, 0.15) is 5.56 Å². The van der Waals surface area contributed by atoms with Gasteiger partial charge >= 0.3 is 0 Å². The average molecular weight is 209 g/mol. The molecular formula is C11H7N5. The van der Waals surface area contributed by atoms with Gasteiger partial charge in [-0.15, -0.1) is 0 Å². The van der Waals surface area contributed by atoms with E-state index in [1.807, 2.05) is 12.1 Å². The molecule has 0 amide bonds. The van der Waals surface area contributed by atoms with Crippen molar-refractivity contribution in [1.29, 1.82) is 5.26 Å². The molecule has 0 saturated heterocycles. The largest absolute Gasteiger partial charge is 0.369 e. The summed E-state index contributed by atoms with van der Waals surface area (Å²) in [5.74, 6) is 0.369. The third-order valence-electron chi connectivity index (χ3n) is 2.45. The number of nitrogens with zero attached hydrogens (tertiary/aromatic N) is 3. The molecular weight excluding hydrogens is 202 g/mol. The number of aromatic amines is 1. The maximum atomic E-state index is 8.78. The van der Waals surface area contributed by atoms with Crippen LogP contribution in [0.4, 0.5) is 5.95 Å². The highest BCUT2D eigenvalue weighted by atomic mass is 15.0. The van der Waals surface area contributed by atoms with Crippen LogP contribution in [0.2, 0.25) is 0 Å².